The number of aliphatic hydroxyl groups excluding tert-OH is 1. The Morgan fingerprint density at radius 3 is 2.41 bits per heavy atom. The van der Waals surface area contributed by atoms with E-state index in [-0.39, 0.29) is 12.0 Å². The molecule has 6 nitrogen and oxygen atoms in total. The summed E-state index contributed by atoms with van der Waals surface area (Å²) in [7, 11) is 0. The predicted octanol–water partition coefficient (Wildman–Crippen LogP) is 4.78. The van der Waals surface area contributed by atoms with Crippen molar-refractivity contribution in [3.8, 4) is 22.4 Å². The van der Waals surface area contributed by atoms with Crippen molar-refractivity contribution in [1.82, 2.24) is 14.6 Å². The van der Waals surface area contributed by atoms with Crippen molar-refractivity contribution >= 4 is 11.5 Å². The number of hydrogen-bond acceptors (Lipinski definition) is 5. The van der Waals surface area contributed by atoms with E-state index >= 15 is 0 Å². The maximum absolute atomic E-state index is 8.89. The van der Waals surface area contributed by atoms with E-state index in [0.29, 0.717) is 19.8 Å². The number of hydrogen-bond donors (Lipinski definition) is 2. The summed E-state index contributed by atoms with van der Waals surface area (Å²) in [6.45, 7) is 8.09. The van der Waals surface area contributed by atoms with Crippen LogP contribution in [0.5, 0.6) is 0 Å². The Bertz CT molecular complexity index is 1160. The lowest BCUT2D eigenvalue weighted by Crippen LogP contribution is -2.14. The summed E-state index contributed by atoms with van der Waals surface area (Å²) in [6.07, 6.45) is 1.87. The number of rotatable bonds is 8. The van der Waals surface area contributed by atoms with Crippen LogP contribution in [0.15, 0.2) is 66.9 Å². The molecular weight excluding hydrogens is 400 g/mol. The van der Waals surface area contributed by atoms with Crippen LogP contribution in [-0.2, 0) is 10.2 Å². The molecule has 0 aliphatic heterocycles. The second-order valence-electron chi connectivity index (χ2n) is 8.78. The van der Waals surface area contributed by atoms with Crippen molar-refractivity contribution in [3.63, 3.8) is 0 Å². The second-order valence-corrected chi connectivity index (χ2v) is 8.78. The van der Waals surface area contributed by atoms with Gasteiger partial charge in [-0.25, -0.2) is 4.98 Å². The van der Waals surface area contributed by atoms with E-state index in [1.54, 1.807) is 0 Å². The Kier molecular flexibility index (Phi) is 6.53. The molecule has 2 aromatic heterocycles. The highest BCUT2D eigenvalue weighted by Gasteiger charge is 2.16. The van der Waals surface area contributed by atoms with E-state index in [0.717, 1.165) is 33.8 Å². The van der Waals surface area contributed by atoms with Crippen LogP contribution in [0.1, 0.15) is 26.3 Å². The summed E-state index contributed by atoms with van der Waals surface area (Å²) in [6, 6.07) is 20.8. The fourth-order valence-electron chi connectivity index (χ4n) is 3.62. The van der Waals surface area contributed by atoms with Crippen molar-refractivity contribution < 1.29 is 9.84 Å². The maximum Gasteiger partial charge on any atom is 0.165 e. The van der Waals surface area contributed by atoms with Gasteiger partial charge in [-0.1, -0.05) is 75.4 Å². The standard InChI is InChI=1S/C26H30N4O2/c1-26(2,3)21-11-9-19(10-12-21)22-18-28-30-24(27-13-15-32-16-14-31)17-23(29-25(22)30)20-7-5-4-6-8-20/h4-12,17-18,27,31H,13-16H2,1-3H3. The van der Waals surface area contributed by atoms with Crippen LogP contribution in [0.25, 0.3) is 28.0 Å². The zero-order chi connectivity index (χ0) is 22.6. The maximum atomic E-state index is 8.89. The molecule has 0 atom stereocenters. The lowest BCUT2D eigenvalue weighted by Gasteiger charge is -2.19. The minimum Gasteiger partial charge on any atom is -0.394 e. The summed E-state index contributed by atoms with van der Waals surface area (Å²) in [5.74, 6) is 0.846. The Labute approximate surface area is 188 Å². The van der Waals surface area contributed by atoms with Gasteiger partial charge >= 0.3 is 0 Å². The molecule has 2 N–H and O–H groups in total. The third kappa shape index (κ3) is 4.82. The first-order valence-electron chi connectivity index (χ1n) is 10.9. The van der Waals surface area contributed by atoms with Crippen LogP contribution >= 0.6 is 0 Å². The fourth-order valence-corrected chi connectivity index (χ4v) is 3.62. The molecule has 0 saturated carbocycles. The van der Waals surface area contributed by atoms with Gasteiger partial charge in [-0.15, -0.1) is 0 Å². The second kappa shape index (κ2) is 9.51. The SMILES string of the molecule is CC(C)(C)c1ccc(-c2cnn3c(NCCOCCO)cc(-c4ccccc4)nc23)cc1. The molecule has 0 aliphatic carbocycles. The Hall–Kier alpha value is -3.22. The third-order valence-electron chi connectivity index (χ3n) is 5.39. The van der Waals surface area contributed by atoms with Crippen LogP contribution < -0.4 is 5.32 Å². The highest BCUT2D eigenvalue weighted by molar-refractivity contribution is 5.80. The van der Waals surface area contributed by atoms with Gasteiger partial charge in [0.25, 0.3) is 0 Å². The van der Waals surface area contributed by atoms with Gasteiger partial charge in [-0.05, 0) is 16.5 Å². The molecule has 4 aromatic rings. The summed E-state index contributed by atoms with van der Waals surface area (Å²) in [5.41, 5.74) is 6.20. The predicted molar refractivity (Wildman–Crippen MR) is 129 cm³/mol. The minimum atomic E-state index is 0.0220. The van der Waals surface area contributed by atoms with Gasteiger partial charge in [-0.3, -0.25) is 0 Å². The van der Waals surface area contributed by atoms with Gasteiger partial charge in [0.2, 0.25) is 0 Å². The molecule has 0 unspecified atom stereocenters. The van der Waals surface area contributed by atoms with Gasteiger partial charge < -0.3 is 15.2 Å². The van der Waals surface area contributed by atoms with Crippen LogP contribution in [0.4, 0.5) is 5.82 Å². The van der Waals surface area contributed by atoms with Gasteiger partial charge in [0.15, 0.2) is 5.65 Å². The van der Waals surface area contributed by atoms with Crippen LogP contribution in [-0.4, -0.2) is 46.1 Å². The molecule has 0 bridgehead atoms. The average molecular weight is 431 g/mol. The molecule has 0 saturated heterocycles. The van der Waals surface area contributed by atoms with Crippen molar-refractivity contribution in [2.24, 2.45) is 0 Å². The van der Waals surface area contributed by atoms with E-state index in [2.05, 4.69) is 67.6 Å². The highest BCUT2D eigenvalue weighted by atomic mass is 16.5. The first-order chi connectivity index (χ1) is 15.5. The van der Waals surface area contributed by atoms with E-state index in [4.69, 9.17) is 14.8 Å². The van der Waals surface area contributed by atoms with Gasteiger partial charge in [0.05, 0.1) is 31.7 Å². The number of fused-ring (bicyclic) bond motifs is 1. The topological polar surface area (TPSA) is 71.7 Å². The number of nitrogens with zero attached hydrogens (tertiary/aromatic N) is 3. The average Bonchev–Trinajstić information content (AvgIpc) is 3.23. The van der Waals surface area contributed by atoms with E-state index in [9.17, 15) is 0 Å². The van der Waals surface area contributed by atoms with Gasteiger partial charge in [0, 0.05) is 23.7 Å². The fraction of sp³-hybridized carbons (Fsp3) is 0.308. The number of aromatic nitrogens is 3. The monoisotopic (exact) mass is 430 g/mol. The number of anilines is 1. The van der Waals surface area contributed by atoms with Crippen LogP contribution in [0, 0.1) is 0 Å². The molecule has 32 heavy (non-hydrogen) atoms. The number of nitrogens with one attached hydrogen (secondary N) is 1. The molecule has 0 aliphatic rings. The van der Waals surface area contributed by atoms with Crippen molar-refractivity contribution in [2.45, 2.75) is 26.2 Å². The van der Waals surface area contributed by atoms with Crippen LogP contribution in [0.2, 0.25) is 0 Å². The lowest BCUT2D eigenvalue weighted by atomic mass is 9.86. The Morgan fingerprint density at radius 2 is 1.72 bits per heavy atom. The molecule has 2 aromatic carbocycles. The molecule has 0 amide bonds. The summed E-state index contributed by atoms with van der Waals surface area (Å²) in [5, 5.41) is 16.9. The molecular formula is C26H30N4O2. The largest absolute Gasteiger partial charge is 0.394 e. The Morgan fingerprint density at radius 1 is 0.969 bits per heavy atom. The van der Waals surface area contributed by atoms with Crippen molar-refractivity contribution in [1.29, 1.82) is 0 Å². The van der Waals surface area contributed by atoms with E-state index in [1.807, 2.05) is 35.0 Å². The molecule has 6 heteroatoms. The summed E-state index contributed by atoms with van der Waals surface area (Å²) < 4.78 is 7.23. The smallest absolute Gasteiger partial charge is 0.165 e. The zero-order valence-electron chi connectivity index (χ0n) is 18.9. The van der Waals surface area contributed by atoms with E-state index < -0.39 is 0 Å². The summed E-state index contributed by atoms with van der Waals surface area (Å²) >= 11 is 0. The zero-order valence-corrected chi connectivity index (χ0v) is 18.9. The normalized spacial score (nSPS) is 11.8. The number of ether oxygens (including phenoxy) is 1. The highest BCUT2D eigenvalue weighted by Crippen LogP contribution is 2.30. The van der Waals surface area contributed by atoms with Gasteiger partial charge in [-0.2, -0.15) is 9.61 Å². The first-order valence-corrected chi connectivity index (χ1v) is 10.9. The number of benzene rings is 2. The molecule has 0 radical (unpaired) electrons. The molecule has 0 fully saturated rings. The van der Waals surface area contributed by atoms with Crippen molar-refractivity contribution in [2.75, 3.05) is 31.7 Å². The van der Waals surface area contributed by atoms with Crippen molar-refractivity contribution in [3.05, 3.63) is 72.4 Å². The number of aliphatic hydroxyl groups is 1. The molecule has 2 heterocycles. The van der Waals surface area contributed by atoms with Gasteiger partial charge in [0.1, 0.15) is 5.82 Å². The molecule has 166 valence electrons. The van der Waals surface area contributed by atoms with E-state index in [1.165, 1.54) is 5.56 Å². The summed E-state index contributed by atoms with van der Waals surface area (Å²) in [4.78, 5) is 4.97. The quantitative estimate of drug-likeness (QED) is 0.394. The minimum absolute atomic E-state index is 0.0220. The third-order valence-corrected chi connectivity index (χ3v) is 5.39. The molecule has 4 rings (SSSR count). The lowest BCUT2D eigenvalue weighted by molar-refractivity contribution is 0.0991. The Balaban J connectivity index is 1.74. The first kappa shape index (κ1) is 22.0. The van der Waals surface area contributed by atoms with Crippen LogP contribution in [0.3, 0.4) is 0 Å². The molecule has 0 spiro atoms.